The van der Waals surface area contributed by atoms with Crippen LogP contribution in [0.1, 0.15) is 16.7 Å². The fraction of sp³-hybridized carbons (Fsp3) is 0.143. The van der Waals surface area contributed by atoms with E-state index in [0.29, 0.717) is 0 Å². The third kappa shape index (κ3) is 1.92. The predicted octanol–water partition coefficient (Wildman–Crippen LogP) is 3.96. The molecule has 0 aromatic heterocycles. The normalized spacial score (nSPS) is 12.4. The standard InChI is InChI=1S/C14H10I2O/c15-9-1-2-10-8(5-9)6-12-11(10)3-4-14(16)13(12)7-17/h1-5,17H,6-7H2. The van der Waals surface area contributed by atoms with Crippen molar-refractivity contribution < 1.29 is 5.11 Å². The summed E-state index contributed by atoms with van der Waals surface area (Å²) in [5.74, 6) is 0. The van der Waals surface area contributed by atoms with Crippen LogP contribution in [-0.4, -0.2) is 5.11 Å². The Labute approximate surface area is 128 Å². The van der Waals surface area contributed by atoms with Gasteiger partial charge in [-0.2, -0.15) is 0 Å². The van der Waals surface area contributed by atoms with Gasteiger partial charge in [-0.1, -0.05) is 12.1 Å². The molecule has 3 rings (SSSR count). The Hall–Kier alpha value is -0.140. The lowest BCUT2D eigenvalue weighted by Crippen LogP contribution is -1.95. The molecule has 0 amide bonds. The maximum absolute atomic E-state index is 9.51. The van der Waals surface area contributed by atoms with Gasteiger partial charge in [0.25, 0.3) is 0 Å². The van der Waals surface area contributed by atoms with Gasteiger partial charge in [-0.05, 0) is 97.6 Å². The molecule has 0 bridgehead atoms. The largest absolute Gasteiger partial charge is 0.392 e. The predicted molar refractivity (Wildman–Crippen MR) is 86.0 cm³/mol. The van der Waals surface area contributed by atoms with E-state index in [9.17, 15) is 5.11 Å². The third-order valence-corrected chi connectivity index (χ3v) is 4.94. The molecule has 0 radical (unpaired) electrons. The molecule has 1 N–H and O–H groups in total. The van der Waals surface area contributed by atoms with Crippen LogP contribution in [0.25, 0.3) is 11.1 Å². The molecule has 0 spiro atoms. The average molecular weight is 448 g/mol. The Kier molecular flexibility index (Phi) is 3.16. The third-order valence-electron chi connectivity index (χ3n) is 3.26. The first-order valence-electron chi connectivity index (χ1n) is 5.40. The summed E-state index contributed by atoms with van der Waals surface area (Å²) in [5, 5.41) is 9.51. The number of hydrogen-bond donors (Lipinski definition) is 1. The minimum atomic E-state index is 0.131. The van der Waals surface area contributed by atoms with Crippen LogP contribution in [0.4, 0.5) is 0 Å². The summed E-state index contributed by atoms with van der Waals surface area (Å²) < 4.78 is 2.43. The van der Waals surface area contributed by atoms with Crippen molar-refractivity contribution in [2.45, 2.75) is 13.0 Å². The van der Waals surface area contributed by atoms with Gasteiger partial charge in [-0.15, -0.1) is 0 Å². The molecule has 0 saturated carbocycles. The van der Waals surface area contributed by atoms with Crippen LogP contribution >= 0.6 is 45.2 Å². The zero-order valence-electron chi connectivity index (χ0n) is 9.00. The molecule has 0 fully saturated rings. The lowest BCUT2D eigenvalue weighted by Gasteiger charge is -2.08. The molecule has 0 heterocycles. The molecule has 1 aliphatic rings. The summed E-state index contributed by atoms with van der Waals surface area (Å²) in [5.41, 5.74) is 6.39. The molecule has 17 heavy (non-hydrogen) atoms. The summed E-state index contributed by atoms with van der Waals surface area (Å²) in [6.45, 7) is 0.131. The van der Waals surface area contributed by atoms with Crippen molar-refractivity contribution in [2.24, 2.45) is 0 Å². The van der Waals surface area contributed by atoms with Crippen molar-refractivity contribution in [2.75, 3.05) is 0 Å². The number of fused-ring (bicyclic) bond motifs is 3. The van der Waals surface area contributed by atoms with E-state index in [0.717, 1.165) is 15.6 Å². The first-order valence-corrected chi connectivity index (χ1v) is 7.56. The first-order chi connectivity index (χ1) is 8.20. The molecule has 1 aliphatic carbocycles. The van der Waals surface area contributed by atoms with Crippen molar-refractivity contribution >= 4 is 45.2 Å². The highest BCUT2D eigenvalue weighted by atomic mass is 127. The van der Waals surface area contributed by atoms with Gasteiger partial charge in [0, 0.05) is 7.14 Å². The fourth-order valence-electron chi connectivity index (χ4n) is 2.45. The molecule has 3 heteroatoms. The van der Waals surface area contributed by atoms with Crippen molar-refractivity contribution in [3.63, 3.8) is 0 Å². The van der Waals surface area contributed by atoms with Crippen LogP contribution < -0.4 is 0 Å². The minimum Gasteiger partial charge on any atom is -0.392 e. The van der Waals surface area contributed by atoms with E-state index in [1.807, 2.05) is 0 Å². The highest BCUT2D eigenvalue weighted by Crippen LogP contribution is 2.40. The zero-order chi connectivity index (χ0) is 12.0. The summed E-state index contributed by atoms with van der Waals surface area (Å²) in [6.07, 6.45) is 0.953. The molecule has 0 aliphatic heterocycles. The summed E-state index contributed by atoms with van der Waals surface area (Å²) in [7, 11) is 0. The van der Waals surface area contributed by atoms with E-state index in [2.05, 4.69) is 75.5 Å². The molecular weight excluding hydrogens is 438 g/mol. The van der Waals surface area contributed by atoms with Gasteiger partial charge in [-0.25, -0.2) is 0 Å². The van der Waals surface area contributed by atoms with E-state index < -0.39 is 0 Å². The van der Waals surface area contributed by atoms with Crippen LogP contribution in [0.2, 0.25) is 0 Å². The van der Waals surface area contributed by atoms with E-state index in [1.165, 1.54) is 25.8 Å². The molecular formula is C14H10I2O. The number of halogens is 2. The number of aliphatic hydroxyl groups is 1. The Bertz CT molecular complexity index is 605. The SMILES string of the molecule is OCc1c(I)ccc2c1Cc1cc(I)ccc1-2. The Morgan fingerprint density at radius 3 is 2.59 bits per heavy atom. The van der Waals surface area contributed by atoms with Gasteiger partial charge in [0.05, 0.1) is 6.61 Å². The van der Waals surface area contributed by atoms with Crippen LogP contribution in [0.15, 0.2) is 30.3 Å². The summed E-state index contributed by atoms with van der Waals surface area (Å²) in [6, 6.07) is 10.8. The molecule has 0 atom stereocenters. The van der Waals surface area contributed by atoms with Gasteiger partial charge in [0.2, 0.25) is 0 Å². The fourth-order valence-corrected chi connectivity index (χ4v) is 3.68. The zero-order valence-corrected chi connectivity index (χ0v) is 13.3. The number of aliphatic hydroxyl groups excluding tert-OH is 1. The van der Waals surface area contributed by atoms with Gasteiger partial charge < -0.3 is 5.11 Å². The van der Waals surface area contributed by atoms with E-state index >= 15 is 0 Å². The number of hydrogen-bond acceptors (Lipinski definition) is 1. The van der Waals surface area contributed by atoms with Crippen molar-refractivity contribution in [3.8, 4) is 11.1 Å². The number of rotatable bonds is 1. The number of benzene rings is 2. The first kappa shape index (κ1) is 11.9. The lowest BCUT2D eigenvalue weighted by molar-refractivity contribution is 0.280. The summed E-state index contributed by atoms with van der Waals surface area (Å²) in [4.78, 5) is 0. The van der Waals surface area contributed by atoms with Crippen LogP contribution in [0, 0.1) is 7.14 Å². The second kappa shape index (κ2) is 4.51. The van der Waals surface area contributed by atoms with Crippen LogP contribution in [0.5, 0.6) is 0 Å². The average Bonchev–Trinajstić information content (AvgIpc) is 2.66. The summed E-state index contributed by atoms with van der Waals surface area (Å²) >= 11 is 4.64. The Morgan fingerprint density at radius 1 is 1.06 bits per heavy atom. The van der Waals surface area contributed by atoms with Gasteiger partial charge in [0.15, 0.2) is 0 Å². The van der Waals surface area contributed by atoms with Crippen LogP contribution in [-0.2, 0) is 13.0 Å². The molecule has 86 valence electrons. The van der Waals surface area contributed by atoms with Crippen molar-refractivity contribution in [1.82, 2.24) is 0 Å². The van der Waals surface area contributed by atoms with Crippen molar-refractivity contribution in [1.29, 1.82) is 0 Å². The lowest BCUT2D eigenvalue weighted by atomic mass is 10.0. The minimum absolute atomic E-state index is 0.131. The topological polar surface area (TPSA) is 20.2 Å². The Balaban J connectivity index is 2.25. The van der Waals surface area contributed by atoms with E-state index in [1.54, 1.807) is 0 Å². The molecule has 2 aromatic rings. The maximum Gasteiger partial charge on any atom is 0.0695 e. The quantitative estimate of drug-likeness (QED) is 0.560. The van der Waals surface area contributed by atoms with E-state index in [-0.39, 0.29) is 6.61 Å². The van der Waals surface area contributed by atoms with Gasteiger partial charge in [-0.3, -0.25) is 0 Å². The monoisotopic (exact) mass is 448 g/mol. The molecule has 0 unspecified atom stereocenters. The maximum atomic E-state index is 9.51. The van der Waals surface area contributed by atoms with Crippen molar-refractivity contribution in [3.05, 3.63) is 54.2 Å². The molecule has 1 nitrogen and oxygen atoms in total. The second-order valence-corrected chi connectivity index (χ2v) is 6.60. The van der Waals surface area contributed by atoms with E-state index in [4.69, 9.17) is 0 Å². The molecule has 0 saturated heterocycles. The Morgan fingerprint density at radius 2 is 1.82 bits per heavy atom. The van der Waals surface area contributed by atoms with Gasteiger partial charge >= 0.3 is 0 Å². The highest BCUT2D eigenvalue weighted by molar-refractivity contribution is 14.1. The van der Waals surface area contributed by atoms with Crippen LogP contribution in [0.3, 0.4) is 0 Å². The smallest absolute Gasteiger partial charge is 0.0695 e. The molecule has 2 aromatic carbocycles. The highest BCUT2D eigenvalue weighted by Gasteiger charge is 2.22. The second-order valence-electron chi connectivity index (χ2n) is 4.19. The van der Waals surface area contributed by atoms with Gasteiger partial charge in [0.1, 0.15) is 0 Å².